The highest BCUT2D eigenvalue weighted by molar-refractivity contribution is 5.81. The Kier molecular flexibility index (Phi) is 4.58. The molecule has 2 fully saturated rings. The summed E-state index contributed by atoms with van der Waals surface area (Å²) in [7, 11) is 0. The topological polar surface area (TPSA) is 103 Å². The maximum absolute atomic E-state index is 11.7. The Morgan fingerprint density at radius 2 is 2.24 bits per heavy atom. The van der Waals surface area contributed by atoms with E-state index in [4.69, 9.17) is 14.7 Å². The van der Waals surface area contributed by atoms with Gasteiger partial charge in [0.15, 0.2) is 6.10 Å². The fourth-order valence-corrected chi connectivity index (χ4v) is 2.55. The maximum atomic E-state index is 11.7. The molecule has 0 aromatic rings. The van der Waals surface area contributed by atoms with Gasteiger partial charge in [0.2, 0.25) is 0 Å². The van der Waals surface area contributed by atoms with Crippen molar-refractivity contribution in [1.29, 1.82) is 5.26 Å². The van der Waals surface area contributed by atoms with Crippen LogP contribution >= 0.6 is 0 Å². The van der Waals surface area contributed by atoms with Gasteiger partial charge < -0.3 is 14.2 Å². The molecule has 1 aliphatic heterocycles. The molecule has 21 heavy (non-hydrogen) atoms. The van der Waals surface area contributed by atoms with Gasteiger partial charge in [-0.3, -0.25) is 9.59 Å². The van der Waals surface area contributed by atoms with E-state index >= 15 is 0 Å². The molecule has 0 radical (unpaired) electrons. The van der Waals surface area contributed by atoms with E-state index < -0.39 is 30.1 Å². The first-order valence-corrected chi connectivity index (χ1v) is 6.64. The van der Waals surface area contributed by atoms with E-state index in [0.29, 0.717) is 12.8 Å². The Labute approximate surface area is 121 Å². The highest BCUT2D eigenvalue weighted by atomic mass is 16.6. The lowest BCUT2D eigenvalue weighted by atomic mass is 9.80. The quantitative estimate of drug-likeness (QED) is 0.413. The fourth-order valence-electron chi connectivity index (χ4n) is 2.55. The smallest absolute Gasteiger partial charge is 0.330 e. The fraction of sp³-hybridized carbons (Fsp3) is 0.571. The van der Waals surface area contributed by atoms with Crippen molar-refractivity contribution in [2.24, 2.45) is 11.8 Å². The van der Waals surface area contributed by atoms with Crippen LogP contribution in [0.3, 0.4) is 0 Å². The number of nitriles is 1. The molecule has 1 aliphatic carbocycles. The van der Waals surface area contributed by atoms with Crippen LogP contribution in [0.5, 0.6) is 0 Å². The third-order valence-electron chi connectivity index (χ3n) is 3.57. The van der Waals surface area contributed by atoms with E-state index in [1.807, 2.05) is 0 Å². The number of hydrogen-bond acceptors (Lipinski definition) is 7. The Morgan fingerprint density at radius 1 is 1.48 bits per heavy atom. The minimum Gasteiger partial charge on any atom is -0.462 e. The van der Waals surface area contributed by atoms with Crippen LogP contribution in [0, 0.1) is 23.2 Å². The molecular weight excluding hydrogens is 278 g/mol. The SMILES string of the molecule is C=CC(=O)OCCC(=O)OC1C(C#N)CC2CC1OC2=O. The van der Waals surface area contributed by atoms with Gasteiger partial charge in [0.05, 0.1) is 24.3 Å². The molecule has 0 aromatic heterocycles. The molecule has 2 rings (SSSR count). The van der Waals surface area contributed by atoms with E-state index in [0.717, 1.165) is 6.08 Å². The molecule has 0 aromatic carbocycles. The summed E-state index contributed by atoms with van der Waals surface area (Å²) in [6.07, 6.45) is 0.380. The lowest BCUT2D eigenvalue weighted by Gasteiger charge is -2.29. The van der Waals surface area contributed by atoms with Crippen LogP contribution in [0.15, 0.2) is 12.7 Å². The number of esters is 3. The molecule has 1 saturated carbocycles. The van der Waals surface area contributed by atoms with Crippen LogP contribution in [0.1, 0.15) is 19.3 Å². The minimum atomic E-state index is -0.750. The summed E-state index contributed by atoms with van der Waals surface area (Å²) in [5, 5.41) is 9.12. The van der Waals surface area contributed by atoms with Gasteiger partial charge in [-0.15, -0.1) is 0 Å². The molecule has 7 heteroatoms. The predicted octanol–water partition coefficient (Wildman–Crippen LogP) is 0.493. The van der Waals surface area contributed by atoms with Gasteiger partial charge in [-0.2, -0.15) is 5.26 Å². The zero-order chi connectivity index (χ0) is 15.4. The molecule has 1 heterocycles. The third kappa shape index (κ3) is 3.40. The predicted molar refractivity (Wildman–Crippen MR) is 67.4 cm³/mol. The summed E-state index contributed by atoms with van der Waals surface area (Å²) in [5.74, 6) is -2.39. The molecule has 1 saturated heterocycles. The van der Waals surface area contributed by atoms with Crippen LogP contribution in [-0.2, 0) is 28.6 Å². The summed E-state index contributed by atoms with van der Waals surface area (Å²) >= 11 is 0. The molecule has 0 amide bonds. The molecule has 0 spiro atoms. The summed E-state index contributed by atoms with van der Waals surface area (Å²) in [6, 6.07) is 2.06. The van der Waals surface area contributed by atoms with Gasteiger partial charge in [0, 0.05) is 12.5 Å². The van der Waals surface area contributed by atoms with Crippen molar-refractivity contribution in [1.82, 2.24) is 0 Å². The second-order valence-electron chi connectivity index (χ2n) is 4.96. The average molecular weight is 293 g/mol. The van der Waals surface area contributed by atoms with Gasteiger partial charge >= 0.3 is 17.9 Å². The Morgan fingerprint density at radius 3 is 2.90 bits per heavy atom. The Hall–Kier alpha value is -2.36. The second kappa shape index (κ2) is 6.39. The maximum Gasteiger partial charge on any atom is 0.330 e. The highest BCUT2D eigenvalue weighted by Gasteiger charge is 2.50. The minimum absolute atomic E-state index is 0.124. The van der Waals surface area contributed by atoms with E-state index in [1.165, 1.54) is 0 Å². The van der Waals surface area contributed by atoms with Crippen LogP contribution in [-0.4, -0.2) is 36.7 Å². The third-order valence-corrected chi connectivity index (χ3v) is 3.57. The first-order chi connectivity index (χ1) is 10.0. The summed E-state index contributed by atoms with van der Waals surface area (Å²) in [4.78, 5) is 34.0. The van der Waals surface area contributed by atoms with Crippen molar-refractivity contribution in [3.8, 4) is 6.07 Å². The lowest BCUT2D eigenvalue weighted by molar-refractivity contribution is -0.164. The van der Waals surface area contributed by atoms with Crippen molar-refractivity contribution in [2.45, 2.75) is 31.5 Å². The molecule has 7 nitrogen and oxygen atoms in total. The number of nitrogens with zero attached hydrogens (tertiary/aromatic N) is 1. The molecule has 2 bridgehead atoms. The number of hydrogen-bond donors (Lipinski definition) is 0. The van der Waals surface area contributed by atoms with Gasteiger partial charge in [-0.25, -0.2) is 4.79 Å². The molecular formula is C14H15NO6. The standard InChI is InChI=1S/C14H15NO6/c1-2-11(16)19-4-3-12(17)21-13-9(7-15)5-8-6-10(13)20-14(8)18/h2,8-10,13H,1,3-6H2. The van der Waals surface area contributed by atoms with Crippen LogP contribution < -0.4 is 0 Å². The monoisotopic (exact) mass is 293 g/mol. The molecule has 2 aliphatic rings. The van der Waals surface area contributed by atoms with Gasteiger partial charge in [-0.1, -0.05) is 6.58 Å². The van der Waals surface area contributed by atoms with Gasteiger partial charge in [0.1, 0.15) is 12.7 Å². The van der Waals surface area contributed by atoms with Crippen LogP contribution in [0.25, 0.3) is 0 Å². The number of ether oxygens (including phenoxy) is 3. The lowest BCUT2D eigenvalue weighted by Crippen LogP contribution is -2.40. The van der Waals surface area contributed by atoms with E-state index in [1.54, 1.807) is 0 Å². The van der Waals surface area contributed by atoms with E-state index in [-0.39, 0.29) is 24.9 Å². The van der Waals surface area contributed by atoms with E-state index in [9.17, 15) is 14.4 Å². The summed E-state index contributed by atoms with van der Waals surface area (Å²) < 4.78 is 15.0. The van der Waals surface area contributed by atoms with Crippen molar-refractivity contribution in [3.05, 3.63) is 12.7 Å². The molecule has 112 valence electrons. The average Bonchev–Trinajstić information content (AvgIpc) is 2.77. The number of carbonyl (C=O) groups is 3. The number of carbonyl (C=O) groups excluding carboxylic acids is 3. The normalized spacial score (nSPS) is 30.0. The van der Waals surface area contributed by atoms with Crippen molar-refractivity contribution in [3.63, 3.8) is 0 Å². The van der Waals surface area contributed by atoms with Crippen LogP contribution in [0.4, 0.5) is 0 Å². The molecule has 4 atom stereocenters. The Balaban J connectivity index is 1.87. The second-order valence-corrected chi connectivity index (χ2v) is 4.96. The summed E-state index contributed by atoms with van der Waals surface area (Å²) in [5.41, 5.74) is 0. The zero-order valence-corrected chi connectivity index (χ0v) is 11.3. The zero-order valence-electron chi connectivity index (χ0n) is 11.3. The number of rotatable bonds is 5. The molecule has 0 N–H and O–H groups in total. The first kappa shape index (κ1) is 15.0. The highest BCUT2D eigenvalue weighted by Crippen LogP contribution is 2.39. The van der Waals surface area contributed by atoms with E-state index in [2.05, 4.69) is 17.4 Å². The van der Waals surface area contributed by atoms with Crippen molar-refractivity contribution in [2.75, 3.05) is 6.61 Å². The van der Waals surface area contributed by atoms with Crippen molar-refractivity contribution >= 4 is 17.9 Å². The largest absolute Gasteiger partial charge is 0.462 e. The van der Waals surface area contributed by atoms with Gasteiger partial charge in [0.25, 0.3) is 0 Å². The first-order valence-electron chi connectivity index (χ1n) is 6.64. The number of fused-ring (bicyclic) bond motifs is 2. The van der Waals surface area contributed by atoms with Crippen LogP contribution in [0.2, 0.25) is 0 Å². The molecule has 4 unspecified atom stereocenters. The summed E-state index contributed by atoms with van der Waals surface area (Å²) in [6.45, 7) is 3.11. The van der Waals surface area contributed by atoms with Gasteiger partial charge in [-0.05, 0) is 6.42 Å². The Bertz CT molecular complexity index is 508. The van der Waals surface area contributed by atoms with Crippen molar-refractivity contribution < 1.29 is 28.6 Å².